The minimum absolute atomic E-state index is 0.123. The maximum atomic E-state index is 11.8. The zero-order valence-electron chi connectivity index (χ0n) is 13.2. The summed E-state index contributed by atoms with van der Waals surface area (Å²) >= 11 is 1.46. The second kappa shape index (κ2) is 6.84. The Bertz CT molecular complexity index is 880. The van der Waals surface area contributed by atoms with Gasteiger partial charge in [-0.25, -0.2) is 4.98 Å². The van der Waals surface area contributed by atoms with Gasteiger partial charge in [-0.05, 0) is 12.0 Å². The van der Waals surface area contributed by atoms with Gasteiger partial charge in [0.25, 0.3) is 0 Å². The third kappa shape index (κ3) is 3.46. The summed E-state index contributed by atoms with van der Waals surface area (Å²) in [5.41, 5.74) is 3.96. The molecule has 124 valence electrons. The van der Waals surface area contributed by atoms with Crippen molar-refractivity contribution in [2.75, 3.05) is 6.54 Å². The number of carbonyl (C=O) groups is 2. The summed E-state index contributed by atoms with van der Waals surface area (Å²) in [5.74, 6) is -1.38. The number of aromatic nitrogens is 2. The van der Waals surface area contributed by atoms with Gasteiger partial charge in [-0.2, -0.15) is 0 Å². The third-order valence-electron chi connectivity index (χ3n) is 3.72. The molecule has 1 amide bonds. The van der Waals surface area contributed by atoms with Crippen molar-refractivity contribution < 1.29 is 14.7 Å². The van der Waals surface area contributed by atoms with Gasteiger partial charge in [0.1, 0.15) is 6.54 Å². The van der Waals surface area contributed by atoms with Gasteiger partial charge in [-0.3, -0.25) is 14.0 Å². The topological polar surface area (TPSA) is 83.7 Å². The summed E-state index contributed by atoms with van der Waals surface area (Å²) < 4.78 is 1.88. The predicted octanol–water partition coefficient (Wildman–Crippen LogP) is 2.37. The lowest BCUT2D eigenvalue weighted by Crippen LogP contribution is -2.30. The molecule has 0 saturated carbocycles. The molecule has 3 rings (SSSR count). The van der Waals surface area contributed by atoms with E-state index in [1.807, 2.05) is 28.1 Å². The molecule has 0 aliphatic heterocycles. The average Bonchev–Trinajstić information content (AvgIpc) is 3.15. The molecule has 0 bridgehead atoms. The second-order valence-corrected chi connectivity index (χ2v) is 6.24. The molecule has 0 atom stereocenters. The lowest BCUT2D eigenvalue weighted by Gasteiger charge is -2.01. The summed E-state index contributed by atoms with van der Waals surface area (Å²) in [7, 11) is 0. The van der Waals surface area contributed by atoms with Crippen molar-refractivity contribution in [3.8, 4) is 11.3 Å². The number of carbonyl (C=O) groups excluding carboxylic acids is 1. The SMILES string of the molecule is CCc1ccc(-c2cn3c(CC(=O)NCC(=O)O)csc3n2)cc1. The quantitative estimate of drug-likeness (QED) is 0.720. The van der Waals surface area contributed by atoms with Crippen LogP contribution >= 0.6 is 11.3 Å². The van der Waals surface area contributed by atoms with Crippen LogP contribution in [-0.2, 0) is 22.4 Å². The Balaban J connectivity index is 1.80. The Labute approximate surface area is 142 Å². The fraction of sp³-hybridized carbons (Fsp3) is 0.235. The minimum Gasteiger partial charge on any atom is -0.480 e. The summed E-state index contributed by atoms with van der Waals surface area (Å²) in [6, 6.07) is 8.26. The first kappa shape index (κ1) is 16.2. The van der Waals surface area contributed by atoms with Gasteiger partial charge in [0.2, 0.25) is 5.91 Å². The first-order valence-corrected chi connectivity index (χ1v) is 8.48. The van der Waals surface area contributed by atoms with Crippen LogP contribution in [0.3, 0.4) is 0 Å². The highest BCUT2D eigenvalue weighted by Crippen LogP contribution is 2.24. The number of nitrogens with zero attached hydrogens (tertiary/aromatic N) is 2. The number of aryl methyl sites for hydroxylation is 1. The standard InChI is InChI=1S/C17H17N3O3S/c1-2-11-3-5-12(6-4-11)14-9-20-13(10-24-17(20)19-14)7-15(21)18-8-16(22)23/h3-6,9-10H,2,7-8H2,1H3,(H,18,21)(H,22,23). The fourth-order valence-corrected chi connectivity index (χ4v) is 3.28. The summed E-state index contributed by atoms with van der Waals surface area (Å²) in [5, 5.41) is 12.8. The molecule has 0 radical (unpaired) electrons. The number of nitrogens with one attached hydrogen (secondary N) is 1. The number of aliphatic carboxylic acids is 1. The van der Waals surface area contributed by atoms with E-state index in [0.29, 0.717) is 0 Å². The van der Waals surface area contributed by atoms with E-state index in [0.717, 1.165) is 28.3 Å². The molecular formula is C17H17N3O3S. The summed E-state index contributed by atoms with van der Waals surface area (Å²) in [6.07, 6.45) is 3.03. The number of fused-ring (bicyclic) bond motifs is 1. The molecule has 6 nitrogen and oxygen atoms in total. The highest BCUT2D eigenvalue weighted by atomic mass is 32.1. The third-order valence-corrected chi connectivity index (χ3v) is 4.61. The Morgan fingerprint density at radius 1 is 1.29 bits per heavy atom. The number of rotatable bonds is 6. The molecule has 0 unspecified atom stereocenters. The minimum atomic E-state index is -1.06. The fourth-order valence-electron chi connectivity index (χ4n) is 2.41. The molecule has 7 heteroatoms. The largest absolute Gasteiger partial charge is 0.480 e. The number of hydrogen-bond donors (Lipinski definition) is 2. The Morgan fingerprint density at radius 2 is 2.04 bits per heavy atom. The highest BCUT2D eigenvalue weighted by molar-refractivity contribution is 7.15. The molecule has 24 heavy (non-hydrogen) atoms. The van der Waals surface area contributed by atoms with Gasteiger partial charge in [0, 0.05) is 22.8 Å². The average molecular weight is 343 g/mol. The number of carboxylic acid groups (broad SMARTS) is 1. The van der Waals surface area contributed by atoms with Gasteiger partial charge in [-0.1, -0.05) is 31.2 Å². The molecule has 0 spiro atoms. The summed E-state index contributed by atoms with van der Waals surface area (Å²) in [6.45, 7) is 1.74. The molecule has 2 heterocycles. The van der Waals surface area contributed by atoms with Gasteiger partial charge < -0.3 is 10.4 Å². The van der Waals surface area contributed by atoms with Crippen LogP contribution in [0.15, 0.2) is 35.8 Å². The number of hydrogen-bond acceptors (Lipinski definition) is 4. The van der Waals surface area contributed by atoms with E-state index in [4.69, 9.17) is 5.11 Å². The molecule has 2 aromatic heterocycles. The second-order valence-electron chi connectivity index (χ2n) is 5.40. The Hall–Kier alpha value is -2.67. The maximum absolute atomic E-state index is 11.8. The molecule has 3 aromatic rings. The molecule has 0 fully saturated rings. The monoisotopic (exact) mass is 343 g/mol. The van der Waals surface area contributed by atoms with Crippen LogP contribution in [0.4, 0.5) is 0 Å². The van der Waals surface area contributed by atoms with Crippen molar-refractivity contribution >= 4 is 28.2 Å². The first-order chi connectivity index (χ1) is 11.6. The predicted molar refractivity (Wildman–Crippen MR) is 92.2 cm³/mol. The molecule has 0 aliphatic carbocycles. The Kier molecular flexibility index (Phi) is 4.61. The van der Waals surface area contributed by atoms with E-state index in [9.17, 15) is 9.59 Å². The van der Waals surface area contributed by atoms with Crippen LogP contribution < -0.4 is 5.32 Å². The van der Waals surface area contributed by atoms with Gasteiger partial charge in [0.15, 0.2) is 4.96 Å². The number of imidazole rings is 1. The summed E-state index contributed by atoms with van der Waals surface area (Å²) in [4.78, 5) is 27.7. The lowest BCUT2D eigenvalue weighted by molar-refractivity contribution is -0.137. The lowest BCUT2D eigenvalue weighted by atomic mass is 10.1. The van der Waals surface area contributed by atoms with Crippen LogP contribution in [0.2, 0.25) is 0 Å². The molecule has 1 aromatic carbocycles. The first-order valence-electron chi connectivity index (χ1n) is 7.60. The smallest absolute Gasteiger partial charge is 0.322 e. The molecular weight excluding hydrogens is 326 g/mol. The van der Waals surface area contributed by atoms with E-state index >= 15 is 0 Å². The van der Waals surface area contributed by atoms with Crippen LogP contribution in [0.1, 0.15) is 18.2 Å². The Morgan fingerprint density at radius 3 is 2.71 bits per heavy atom. The van der Waals surface area contributed by atoms with E-state index in [-0.39, 0.29) is 18.9 Å². The van der Waals surface area contributed by atoms with Crippen LogP contribution in [0.25, 0.3) is 16.2 Å². The van der Waals surface area contributed by atoms with Gasteiger partial charge >= 0.3 is 5.97 Å². The van der Waals surface area contributed by atoms with Crippen molar-refractivity contribution in [3.05, 3.63) is 47.1 Å². The van der Waals surface area contributed by atoms with Crippen molar-refractivity contribution in [1.29, 1.82) is 0 Å². The zero-order valence-corrected chi connectivity index (χ0v) is 14.0. The number of carboxylic acids is 1. The van der Waals surface area contributed by atoms with Crippen LogP contribution in [0.5, 0.6) is 0 Å². The van der Waals surface area contributed by atoms with Gasteiger partial charge in [-0.15, -0.1) is 11.3 Å². The zero-order chi connectivity index (χ0) is 17.1. The highest BCUT2D eigenvalue weighted by Gasteiger charge is 2.13. The van der Waals surface area contributed by atoms with Crippen LogP contribution in [0, 0.1) is 0 Å². The number of amides is 1. The van der Waals surface area contributed by atoms with E-state index in [1.165, 1.54) is 16.9 Å². The van der Waals surface area contributed by atoms with Crippen LogP contribution in [-0.4, -0.2) is 32.9 Å². The van der Waals surface area contributed by atoms with Crippen molar-refractivity contribution in [2.24, 2.45) is 0 Å². The molecule has 0 saturated heterocycles. The number of benzene rings is 1. The maximum Gasteiger partial charge on any atom is 0.322 e. The normalized spacial score (nSPS) is 10.9. The van der Waals surface area contributed by atoms with E-state index in [2.05, 4.69) is 29.4 Å². The van der Waals surface area contributed by atoms with E-state index in [1.54, 1.807) is 0 Å². The molecule has 2 N–H and O–H groups in total. The molecule has 0 aliphatic rings. The van der Waals surface area contributed by atoms with E-state index < -0.39 is 5.97 Å². The van der Waals surface area contributed by atoms with Crippen molar-refractivity contribution in [1.82, 2.24) is 14.7 Å². The number of thiazole rings is 1. The van der Waals surface area contributed by atoms with Crippen molar-refractivity contribution in [2.45, 2.75) is 19.8 Å². The van der Waals surface area contributed by atoms with Crippen molar-refractivity contribution in [3.63, 3.8) is 0 Å². The van der Waals surface area contributed by atoms with Gasteiger partial charge in [0.05, 0.1) is 12.1 Å².